The van der Waals surface area contributed by atoms with Crippen molar-refractivity contribution in [2.75, 3.05) is 0 Å². The molecule has 0 atom stereocenters. The summed E-state index contributed by atoms with van der Waals surface area (Å²) in [6, 6.07) is 12.9. The van der Waals surface area contributed by atoms with E-state index in [0.717, 1.165) is 10.0 Å². The maximum Gasteiger partial charge on any atom is 0.0189 e. The highest BCUT2D eigenvalue weighted by atomic mass is 79.9. The van der Waals surface area contributed by atoms with Gasteiger partial charge in [0.15, 0.2) is 0 Å². The van der Waals surface area contributed by atoms with Gasteiger partial charge in [-0.3, -0.25) is 0 Å². The highest BCUT2D eigenvalue weighted by Crippen LogP contribution is 2.31. The average molecular weight is 322 g/mol. The number of benzene rings is 2. The summed E-state index contributed by atoms with van der Waals surface area (Å²) in [5.74, 6) is 0. The first-order valence-corrected chi connectivity index (χ1v) is 7.44. The van der Waals surface area contributed by atoms with Crippen LogP contribution in [-0.2, 0) is 6.54 Å². The van der Waals surface area contributed by atoms with Crippen molar-refractivity contribution >= 4 is 27.7 Å². The van der Waals surface area contributed by atoms with Crippen LogP contribution in [0.15, 0.2) is 50.7 Å². The quantitative estimate of drug-likeness (QED) is 0.888. The topological polar surface area (TPSA) is 26.0 Å². The number of hydrogen-bond acceptors (Lipinski definition) is 2. The first-order valence-electron chi connectivity index (χ1n) is 5.83. The lowest BCUT2D eigenvalue weighted by molar-refractivity contribution is 1.06. The molecule has 18 heavy (non-hydrogen) atoms. The van der Waals surface area contributed by atoms with E-state index in [9.17, 15) is 0 Å². The molecule has 0 bridgehead atoms. The van der Waals surface area contributed by atoms with Crippen molar-refractivity contribution in [3.05, 3.63) is 57.6 Å². The Hall–Kier alpha value is -0.770. The fourth-order valence-corrected chi connectivity index (χ4v) is 3.44. The zero-order valence-corrected chi connectivity index (χ0v) is 12.9. The van der Waals surface area contributed by atoms with Gasteiger partial charge in [-0.05, 0) is 60.9 Å². The third kappa shape index (κ3) is 3.37. The monoisotopic (exact) mass is 321 g/mol. The summed E-state index contributed by atoms with van der Waals surface area (Å²) in [6.45, 7) is 4.85. The van der Waals surface area contributed by atoms with Crippen molar-refractivity contribution in [3.8, 4) is 0 Å². The van der Waals surface area contributed by atoms with Gasteiger partial charge in [0.1, 0.15) is 0 Å². The van der Waals surface area contributed by atoms with E-state index in [0.29, 0.717) is 6.54 Å². The maximum absolute atomic E-state index is 5.69. The molecule has 0 saturated heterocycles. The zero-order valence-electron chi connectivity index (χ0n) is 10.5. The molecule has 0 aromatic heterocycles. The van der Waals surface area contributed by atoms with Crippen molar-refractivity contribution in [3.63, 3.8) is 0 Å². The largest absolute Gasteiger partial charge is 0.326 e. The molecule has 1 nitrogen and oxygen atoms in total. The van der Waals surface area contributed by atoms with Gasteiger partial charge in [0.2, 0.25) is 0 Å². The lowest BCUT2D eigenvalue weighted by Crippen LogP contribution is -1.96. The summed E-state index contributed by atoms with van der Waals surface area (Å²) in [5, 5.41) is 0. The van der Waals surface area contributed by atoms with Crippen molar-refractivity contribution in [2.45, 2.75) is 30.2 Å². The molecule has 2 aromatic carbocycles. The van der Waals surface area contributed by atoms with Crippen LogP contribution in [0.1, 0.15) is 16.7 Å². The Kier molecular flexibility index (Phi) is 4.49. The van der Waals surface area contributed by atoms with E-state index >= 15 is 0 Å². The van der Waals surface area contributed by atoms with Gasteiger partial charge >= 0.3 is 0 Å². The van der Waals surface area contributed by atoms with E-state index in [-0.39, 0.29) is 0 Å². The summed E-state index contributed by atoms with van der Waals surface area (Å²) in [6.07, 6.45) is 0. The lowest BCUT2D eigenvalue weighted by atomic mass is 10.1. The van der Waals surface area contributed by atoms with Gasteiger partial charge in [0, 0.05) is 20.8 Å². The smallest absolute Gasteiger partial charge is 0.0189 e. The summed E-state index contributed by atoms with van der Waals surface area (Å²) in [4.78, 5) is 2.48. The molecule has 0 unspecified atom stereocenters. The van der Waals surface area contributed by atoms with E-state index in [2.05, 4.69) is 66.2 Å². The van der Waals surface area contributed by atoms with Crippen molar-refractivity contribution < 1.29 is 0 Å². The molecule has 0 aliphatic carbocycles. The summed E-state index contributed by atoms with van der Waals surface area (Å²) in [5.41, 5.74) is 9.50. The lowest BCUT2D eigenvalue weighted by Gasteiger charge is -2.07. The van der Waals surface area contributed by atoms with Gasteiger partial charge in [0.25, 0.3) is 0 Å². The molecule has 0 aliphatic heterocycles. The third-order valence-corrected chi connectivity index (χ3v) is 4.30. The Morgan fingerprint density at radius 3 is 2.44 bits per heavy atom. The minimum Gasteiger partial charge on any atom is -0.326 e. The van der Waals surface area contributed by atoms with Gasteiger partial charge in [-0.15, -0.1) is 0 Å². The van der Waals surface area contributed by atoms with E-state index in [4.69, 9.17) is 5.73 Å². The van der Waals surface area contributed by atoms with Crippen molar-refractivity contribution in [2.24, 2.45) is 5.73 Å². The number of halogens is 1. The molecule has 2 rings (SSSR count). The van der Waals surface area contributed by atoms with Crippen LogP contribution in [-0.4, -0.2) is 0 Å². The first kappa shape index (κ1) is 13.7. The Bertz CT molecular complexity index is 566. The van der Waals surface area contributed by atoms with Crippen molar-refractivity contribution in [1.29, 1.82) is 0 Å². The van der Waals surface area contributed by atoms with Crippen LogP contribution >= 0.6 is 27.7 Å². The Morgan fingerprint density at radius 2 is 1.78 bits per heavy atom. The molecule has 0 aliphatic rings. The molecule has 94 valence electrons. The second-order valence-electron chi connectivity index (χ2n) is 4.35. The van der Waals surface area contributed by atoms with Crippen LogP contribution in [0.2, 0.25) is 0 Å². The van der Waals surface area contributed by atoms with E-state index < -0.39 is 0 Å². The first-order chi connectivity index (χ1) is 8.58. The Morgan fingerprint density at radius 1 is 1.00 bits per heavy atom. The third-order valence-electron chi connectivity index (χ3n) is 2.88. The zero-order chi connectivity index (χ0) is 13.1. The molecule has 0 saturated carbocycles. The second-order valence-corrected chi connectivity index (χ2v) is 6.41. The molecule has 0 spiro atoms. The fourth-order valence-electron chi connectivity index (χ4n) is 1.71. The molecule has 0 heterocycles. The number of aryl methyl sites for hydroxylation is 2. The van der Waals surface area contributed by atoms with Gasteiger partial charge in [-0.25, -0.2) is 0 Å². The minimum absolute atomic E-state index is 0.569. The molecule has 0 radical (unpaired) electrons. The Balaban J connectivity index is 2.27. The van der Waals surface area contributed by atoms with E-state index in [1.807, 2.05) is 0 Å². The predicted molar refractivity (Wildman–Crippen MR) is 82.1 cm³/mol. The molecule has 0 fully saturated rings. The molecular weight excluding hydrogens is 306 g/mol. The van der Waals surface area contributed by atoms with Gasteiger partial charge < -0.3 is 5.73 Å². The normalized spacial score (nSPS) is 10.7. The highest BCUT2D eigenvalue weighted by Gasteiger charge is 2.02. The Labute approximate surface area is 121 Å². The van der Waals surface area contributed by atoms with Crippen LogP contribution in [0.5, 0.6) is 0 Å². The number of nitrogens with two attached hydrogens (primary N) is 1. The number of hydrogen-bond donors (Lipinski definition) is 1. The van der Waals surface area contributed by atoms with Gasteiger partial charge in [-0.2, -0.15) is 0 Å². The van der Waals surface area contributed by atoms with Gasteiger partial charge in [-0.1, -0.05) is 33.8 Å². The molecule has 2 aromatic rings. The SMILES string of the molecule is Cc1ccc(Sc2cc(Br)cc(CN)c2)cc1C. The van der Waals surface area contributed by atoms with Crippen molar-refractivity contribution in [1.82, 2.24) is 0 Å². The van der Waals surface area contributed by atoms with E-state index in [1.54, 1.807) is 11.8 Å². The summed E-state index contributed by atoms with van der Waals surface area (Å²) < 4.78 is 1.08. The average Bonchev–Trinajstić information content (AvgIpc) is 2.33. The van der Waals surface area contributed by atoms with Crippen LogP contribution in [0.25, 0.3) is 0 Å². The maximum atomic E-state index is 5.69. The molecular formula is C15H16BrNS. The standard InChI is InChI=1S/C15H16BrNS/c1-10-3-4-14(5-11(10)2)18-15-7-12(9-17)6-13(16)8-15/h3-8H,9,17H2,1-2H3. The van der Waals surface area contributed by atoms with E-state index in [1.165, 1.54) is 20.9 Å². The summed E-state index contributed by atoms with van der Waals surface area (Å²) >= 11 is 5.29. The molecule has 3 heteroatoms. The minimum atomic E-state index is 0.569. The van der Waals surface area contributed by atoms with Crippen LogP contribution in [0.3, 0.4) is 0 Å². The number of rotatable bonds is 3. The molecule has 2 N–H and O–H groups in total. The van der Waals surface area contributed by atoms with Crippen LogP contribution in [0.4, 0.5) is 0 Å². The highest BCUT2D eigenvalue weighted by molar-refractivity contribution is 9.10. The van der Waals surface area contributed by atoms with Crippen LogP contribution in [0, 0.1) is 13.8 Å². The van der Waals surface area contributed by atoms with Gasteiger partial charge in [0.05, 0.1) is 0 Å². The fraction of sp³-hybridized carbons (Fsp3) is 0.200. The molecule has 0 amide bonds. The van der Waals surface area contributed by atoms with Crippen LogP contribution < -0.4 is 5.73 Å². The second kappa shape index (κ2) is 5.91. The predicted octanol–water partition coefficient (Wildman–Crippen LogP) is 4.68. The summed E-state index contributed by atoms with van der Waals surface area (Å²) in [7, 11) is 0.